The van der Waals surface area contributed by atoms with Crippen LogP contribution in [0.15, 0.2) is 0 Å². The van der Waals surface area contributed by atoms with Crippen LogP contribution in [0.4, 0.5) is 0 Å². The molecule has 0 aromatic rings. The van der Waals surface area contributed by atoms with Crippen LogP contribution < -0.4 is 0 Å². The Bertz CT molecular complexity index is 373. The Balaban J connectivity index is 2.87. The highest BCUT2D eigenvalue weighted by molar-refractivity contribution is 7.07. The largest absolute Gasteiger partial charge is 0.366 e. The number of carbonyl (C=O) groups is 1. The van der Waals surface area contributed by atoms with Gasteiger partial charge >= 0.3 is 0 Å². The van der Waals surface area contributed by atoms with Gasteiger partial charge in [-0.2, -0.15) is 0 Å². The van der Waals surface area contributed by atoms with Crippen molar-refractivity contribution in [1.82, 2.24) is 0 Å². The van der Waals surface area contributed by atoms with Gasteiger partial charge in [-0.15, -0.1) is 0 Å². The number of epoxide rings is 1. The van der Waals surface area contributed by atoms with Crippen LogP contribution in [-0.4, -0.2) is 33.4 Å². The summed E-state index contributed by atoms with van der Waals surface area (Å²) in [5, 5.41) is 0.809. The summed E-state index contributed by atoms with van der Waals surface area (Å²) >= 11 is 0. The first-order valence-electron chi connectivity index (χ1n) is 7.34. The van der Waals surface area contributed by atoms with Crippen LogP contribution in [-0.2, 0) is 9.53 Å². The highest BCUT2D eigenvalue weighted by Gasteiger charge is 2.61. The first-order valence-corrected chi connectivity index (χ1v) is 13.4. The van der Waals surface area contributed by atoms with E-state index in [-0.39, 0.29) is 21.9 Å². The average molecular weight is 301 g/mol. The van der Waals surface area contributed by atoms with E-state index in [1.165, 1.54) is 0 Å². The van der Waals surface area contributed by atoms with E-state index < -0.39 is 16.1 Å². The summed E-state index contributed by atoms with van der Waals surface area (Å²) in [5.41, 5.74) is 0.231. The minimum Gasteiger partial charge on any atom is -0.366 e. The summed E-state index contributed by atoms with van der Waals surface area (Å²) in [7, 11) is -3.49. The van der Waals surface area contributed by atoms with E-state index in [1.807, 2.05) is 0 Å². The van der Waals surface area contributed by atoms with Crippen LogP contribution in [0.3, 0.4) is 0 Å². The van der Waals surface area contributed by atoms with Crippen LogP contribution in [0, 0.1) is 0 Å². The lowest BCUT2D eigenvalue weighted by molar-refractivity contribution is -0.114. The second-order valence-corrected chi connectivity index (χ2v) is 19.9. The fourth-order valence-corrected chi connectivity index (χ4v) is 6.10. The van der Waals surface area contributed by atoms with Gasteiger partial charge in [0.05, 0.1) is 13.8 Å². The average Bonchev–Trinajstić information content (AvgIpc) is 2.92. The van der Waals surface area contributed by atoms with Gasteiger partial charge in [-0.05, 0) is 10.1 Å². The number of carbonyl (C=O) groups excluding carboxylic acids is 1. The summed E-state index contributed by atoms with van der Waals surface area (Å²) < 4.78 is 5.90. The highest BCUT2D eigenvalue weighted by Crippen LogP contribution is 2.48. The molecule has 0 aliphatic carbocycles. The zero-order valence-corrected chi connectivity index (χ0v) is 16.5. The number of rotatable bonds is 3. The van der Waals surface area contributed by atoms with E-state index >= 15 is 0 Å². The van der Waals surface area contributed by atoms with Gasteiger partial charge in [-0.25, -0.2) is 0 Å². The van der Waals surface area contributed by atoms with Gasteiger partial charge in [0.2, 0.25) is 0 Å². The van der Waals surface area contributed by atoms with Gasteiger partial charge in [-0.3, -0.25) is 0 Å². The van der Waals surface area contributed by atoms with Gasteiger partial charge in [-0.1, -0.05) is 67.7 Å². The van der Waals surface area contributed by atoms with Crippen molar-refractivity contribution < 1.29 is 9.53 Å². The van der Waals surface area contributed by atoms with Crippen molar-refractivity contribution in [1.29, 1.82) is 0 Å². The molecule has 0 radical (unpaired) electrons. The molecule has 1 saturated heterocycles. The summed E-state index contributed by atoms with van der Waals surface area (Å²) in [5.74, 6) is 0. The molecule has 19 heavy (non-hydrogen) atoms. The number of hydrogen-bond donors (Lipinski definition) is 0. The molecule has 4 heteroatoms. The Labute approximate surface area is 121 Å². The van der Waals surface area contributed by atoms with Crippen molar-refractivity contribution in [2.24, 2.45) is 0 Å². The summed E-state index contributed by atoms with van der Waals surface area (Å²) in [6.45, 7) is 22.5. The van der Waals surface area contributed by atoms with Crippen LogP contribution in [0.5, 0.6) is 0 Å². The molecule has 0 aromatic heterocycles. The first kappa shape index (κ1) is 17.1. The number of hydrogen-bond acceptors (Lipinski definition) is 2. The monoisotopic (exact) mass is 300 g/mol. The fraction of sp³-hybridized carbons (Fsp3) is 0.933. The first-order chi connectivity index (χ1) is 8.14. The standard InChI is InChI=1S/C15H32O2Si2/c1-14(2,3)18(7,8)12(16)11-13(17-11)19(9,10)15(4,5)6/h11,13H,1-10H3. The second-order valence-electron chi connectivity index (χ2n) is 9.19. The van der Waals surface area contributed by atoms with E-state index in [0.29, 0.717) is 5.41 Å². The van der Waals surface area contributed by atoms with Gasteiger partial charge < -0.3 is 9.53 Å². The number of ether oxygens (including phenoxy) is 1. The lowest BCUT2D eigenvalue weighted by atomic mass is 10.2. The molecule has 0 amide bonds. The molecule has 1 fully saturated rings. The third-order valence-electron chi connectivity index (χ3n) is 5.89. The molecule has 0 spiro atoms. The third kappa shape index (κ3) is 2.90. The highest BCUT2D eigenvalue weighted by atomic mass is 28.3. The van der Waals surface area contributed by atoms with Gasteiger partial charge in [0.25, 0.3) is 0 Å². The van der Waals surface area contributed by atoms with Crippen LogP contribution in [0.2, 0.25) is 36.3 Å². The van der Waals surface area contributed by atoms with E-state index in [9.17, 15) is 4.79 Å². The van der Waals surface area contributed by atoms with Crippen molar-refractivity contribution in [2.75, 3.05) is 0 Å². The van der Waals surface area contributed by atoms with Crippen molar-refractivity contribution in [3.05, 3.63) is 0 Å². The minimum absolute atomic E-state index is 0.0956. The molecule has 1 aliphatic heterocycles. The second kappa shape index (κ2) is 4.53. The summed E-state index contributed by atoms with van der Waals surface area (Å²) in [6, 6.07) is 0. The Kier molecular flexibility index (Phi) is 4.08. The van der Waals surface area contributed by atoms with E-state index in [0.717, 1.165) is 0 Å². The van der Waals surface area contributed by atoms with E-state index in [2.05, 4.69) is 67.7 Å². The Hall–Kier alpha value is 0.0638. The molecule has 2 unspecified atom stereocenters. The quantitative estimate of drug-likeness (QED) is 0.570. The molecular formula is C15H32O2Si2. The zero-order chi connectivity index (χ0) is 15.4. The molecule has 1 rings (SSSR count). The molecule has 1 aliphatic rings. The van der Waals surface area contributed by atoms with Crippen LogP contribution in [0.1, 0.15) is 41.5 Å². The summed E-state index contributed by atoms with van der Waals surface area (Å²) in [6.07, 6.45) is -0.0956. The van der Waals surface area contributed by atoms with Gasteiger partial charge in [0.15, 0.2) is 0 Å². The maximum absolute atomic E-state index is 12.8. The molecule has 2 atom stereocenters. The molecule has 0 aromatic carbocycles. The van der Waals surface area contributed by atoms with Gasteiger partial charge in [0, 0.05) is 0 Å². The fourth-order valence-electron chi connectivity index (χ4n) is 2.01. The molecule has 0 saturated carbocycles. The lowest BCUT2D eigenvalue weighted by Crippen LogP contribution is -2.52. The topological polar surface area (TPSA) is 29.6 Å². The summed E-state index contributed by atoms with van der Waals surface area (Å²) in [4.78, 5) is 12.8. The predicted octanol–water partition coefficient (Wildman–Crippen LogP) is 4.42. The Morgan fingerprint density at radius 3 is 1.63 bits per heavy atom. The Morgan fingerprint density at radius 2 is 1.32 bits per heavy atom. The minimum atomic E-state index is -1.93. The third-order valence-corrected chi connectivity index (χ3v) is 16.9. The Morgan fingerprint density at radius 1 is 0.895 bits per heavy atom. The van der Waals surface area contributed by atoms with Crippen molar-refractivity contribution in [3.63, 3.8) is 0 Å². The van der Waals surface area contributed by atoms with Crippen LogP contribution in [0.25, 0.3) is 0 Å². The SMILES string of the molecule is CC(C)(C)[Si](C)(C)C(=O)C1OC1[Si](C)(C)C(C)(C)C. The molecule has 112 valence electrons. The van der Waals surface area contributed by atoms with E-state index in [4.69, 9.17) is 4.74 Å². The van der Waals surface area contributed by atoms with E-state index in [1.54, 1.807) is 0 Å². The van der Waals surface area contributed by atoms with Crippen molar-refractivity contribution >= 4 is 21.6 Å². The molecule has 0 bridgehead atoms. The normalized spacial score (nSPS) is 25.4. The molecular weight excluding hydrogens is 268 g/mol. The maximum Gasteiger partial charge on any atom is 0.142 e. The predicted molar refractivity (Wildman–Crippen MR) is 88.1 cm³/mol. The lowest BCUT2D eigenvalue weighted by Gasteiger charge is -2.37. The zero-order valence-electron chi connectivity index (χ0n) is 14.5. The molecule has 1 heterocycles. The molecule has 2 nitrogen and oxygen atoms in total. The van der Waals surface area contributed by atoms with Crippen molar-refractivity contribution in [2.45, 2.75) is 89.6 Å². The molecule has 0 N–H and O–H groups in total. The smallest absolute Gasteiger partial charge is 0.142 e. The maximum atomic E-state index is 12.8. The van der Waals surface area contributed by atoms with Gasteiger partial charge in [0.1, 0.15) is 19.6 Å². The van der Waals surface area contributed by atoms with Crippen LogP contribution >= 0.6 is 0 Å². The van der Waals surface area contributed by atoms with Crippen molar-refractivity contribution in [3.8, 4) is 0 Å².